The number of nitrogens with one attached hydrogen (secondary N) is 1. The molecule has 2 N–H and O–H groups in total. The van der Waals surface area contributed by atoms with Crippen LogP contribution >= 0.6 is 0 Å². The SMILES string of the molecule is CCNS(=O)(=O)c1ccccc1N(CC)CCC(=O)O. The summed E-state index contributed by atoms with van der Waals surface area (Å²) in [7, 11) is -3.57. The van der Waals surface area contributed by atoms with E-state index in [2.05, 4.69) is 4.72 Å². The van der Waals surface area contributed by atoms with Crippen LogP contribution in [0.2, 0.25) is 0 Å². The molecule has 0 heterocycles. The van der Waals surface area contributed by atoms with E-state index in [1.807, 2.05) is 6.92 Å². The summed E-state index contributed by atoms with van der Waals surface area (Å²) in [6, 6.07) is 6.61. The molecule has 20 heavy (non-hydrogen) atoms. The van der Waals surface area contributed by atoms with Crippen molar-refractivity contribution in [2.45, 2.75) is 25.2 Å². The van der Waals surface area contributed by atoms with Crippen LogP contribution in [0.25, 0.3) is 0 Å². The third-order valence-corrected chi connectivity index (χ3v) is 4.40. The van der Waals surface area contributed by atoms with Gasteiger partial charge in [0.2, 0.25) is 10.0 Å². The maximum Gasteiger partial charge on any atom is 0.305 e. The van der Waals surface area contributed by atoms with Crippen molar-refractivity contribution in [3.8, 4) is 0 Å². The number of aliphatic carboxylic acids is 1. The highest BCUT2D eigenvalue weighted by Crippen LogP contribution is 2.24. The van der Waals surface area contributed by atoms with E-state index in [1.165, 1.54) is 6.07 Å². The molecule has 0 spiro atoms. The number of hydrogen-bond donors (Lipinski definition) is 2. The topological polar surface area (TPSA) is 86.7 Å². The summed E-state index contributed by atoms with van der Waals surface area (Å²) >= 11 is 0. The van der Waals surface area contributed by atoms with E-state index < -0.39 is 16.0 Å². The minimum absolute atomic E-state index is 0.0383. The molecule has 112 valence electrons. The molecule has 0 radical (unpaired) electrons. The Bertz CT molecular complexity index is 557. The second-order valence-electron chi connectivity index (χ2n) is 4.19. The highest BCUT2D eigenvalue weighted by atomic mass is 32.2. The maximum atomic E-state index is 12.2. The first-order valence-electron chi connectivity index (χ1n) is 6.47. The number of anilines is 1. The summed E-state index contributed by atoms with van der Waals surface area (Å²) in [6.07, 6.45) is -0.0383. The van der Waals surface area contributed by atoms with Crippen molar-refractivity contribution in [1.82, 2.24) is 4.72 Å². The normalized spacial score (nSPS) is 11.3. The van der Waals surface area contributed by atoms with E-state index in [4.69, 9.17) is 5.11 Å². The van der Waals surface area contributed by atoms with Crippen LogP contribution in [0.4, 0.5) is 5.69 Å². The molecule has 0 saturated heterocycles. The predicted octanol–water partition coefficient (Wildman–Crippen LogP) is 1.29. The maximum absolute atomic E-state index is 12.2. The molecule has 0 fully saturated rings. The van der Waals surface area contributed by atoms with Crippen LogP contribution in [0.5, 0.6) is 0 Å². The molecule has 1 aromatic rings. The number of rotatable bonds is 8. The summed E-state index contributed by atoms with van der Waals surface area (Å²) in [6.45, 7) is 4.68. The minimum atomic E-state index is -3.57. The van der Waals surface area contributed by atoms with E-state index in [1.54, 1.807) is 30.0 Å². The van der Waals surface area contributed by atoms with Crippen LogP contribution in [0.1, 0.15) is 20.3 Å². The smallest absolute Gasteiger partial charge is 0.305 e. The zero-order valence-electron chi connectivity index (χ0n) is 11.7. The van der Waals surface area contributed by atoms with Crippen molar-refractivity contribution in [2.24, 2.45) is 0 Å². The number of carbonyl (C=O) groups is 1. The Morgan fingerprint density at radius 2 is 1.95 bits per heavy atom. The Kier molecular flexibility index (Phi) is 5.97. The van der Waals surface area contributed by atoms with Gasteiger partial charge in [-0.2, -0.15) is 0 Å². The van der Waals surface area contributed by atoms with Crippen molar-refractivity contribution in [3.63, 3.8) is 0 Å². The quantitative estimate of drug-likeness (QED) is 0.755. The van der Waals surface area contributed by atoms with E-state index in [0.29, 0.717) is 18.8 Å². The summed E-state index contributed by atoms with van der Waals surface area (Å²) in [4.78, 5) is 12.6. The Balaban J connectivity index is 3.13. The highest BCUT2D eigenvalue weighted by molar-refractivity contribution is 7.89. The highest BCUT2D eigenvalue weighted by Gasteiger charge is 2.20. The van der Waals surface area contributed by atoms with Crippen LogP contribution in [-0.2, 0) is 14.8 Å². The number of carboxylic acids is 1. The first kappa shape index (κ1) is 16.5. The van der Waals surface area contributed by atoms with Crippen LogP contribution in [0.3, 0.4) is 0 Å². The van der Waals surface area contributed by atoms with Gasteiger partial charge in [0.15, 0.2) is 0 Å². The fourth-order valence-electron chi connectivity index (χ4n) is 1.89. The van der Waals surface area contributed by atoms with Crippen LogP contribution < -0.4 is 9.62 Å². The van der Waals surface area contributed by atoms with Crippen molar-refractivity contribution >= 4 is 21.7 Å². The Hall–Kier alpha value is -1.60. The third-order valence-electron chi connectivity index (χ3n) is 2.81. The lowest BCUT2D eigenvalue weighted by Gasteiger charge is -2.24. The van der Waals surface area contributed by atoms with Gasteiger partial charge < -0.3 is 10.0 Å². The van der Waals surface area contributed by atoms with Gasteiger partial charge in [-0.3, -0.25) is 4.79 Å². The van der Waals surface area contributed by atoms with Gasteiger partial charge in [0.25, 0.3) is 0 Å². The first-order valence-corrected chi connectivity index (χ1v) is 7.96. The zero-order valence-corrected chi connectivity index (χ0v) is 12.5. The van der Waals surface area contributed by atoms with Gasteiger partial charge in [-0.1, -0.05) is 19.1 Å². The molecule has 0 atom stereocenters. The number of sulfonamides is 1. The third kappa shape index (κ3) is 4.21. The summed E-state index contributed by atoms with van der Waals surface area (Å²) < 4.78 is 26.8. The Morgan fingerprint density at radius 3 is 2.50 bits per heavy atom. The van der Waals surface area contributed by atoms with E-state index in [0.717, 1.165) is 0 Å². The summed E-state index contributed by atoms with van der Waals surface area (Å²) in [5.41, 5.74) is 0.525. The molecule has 0 aliphatic rings. The van der Waals surface area contributed by atoms with Gasteiger partial charge in [0.05, 0.1) is 12.1 Å². The number of para-hydroxylation sites is 1. The van der Waals surface area contributed by atoms with Gasteiger partial charge in [0, 0.05) is 19.6 Å². The van der Waals surface area contributed by atoms with Crippen molar-refractivity contribution < 1.29 is 18.3 Å². The largest absolute Gasteiger partial charge is 0.481 e. The van der Waals surface area contributed by atoms with Gasteiger partial charge in [-0.05, 0) is 19.1 Å². The van der Waals surface area contributed by atoms with Crippen LogP contribution in [-0.4, -0.2) is 39.1 Å². The van der Waals surface area contributed by atoms with Gasteiger partial charge in [-0.25, -0.2) is 13.1 Å². The molecular formula is C13H20N2O4S. The van der Waals surface area contributed by atoms with Crippen molar-refractivity contribution in [3.05, 3.63) is 24.3 Å². The van der Waals surface area contributed by atoms with Crippen molar-refractivity contribution in [2.75, 3.05) is 24.5 Å². The predicted molar refractivity (Wildman–Crippen MR) is 77.4 cm³/mol. The number of hydrogen-bond acceptors (Lipinski definition) is 4. The lowest BCUT2D eigenvalue weighted by atomic mass is 10.2. The molecule has 1 aromatic carbocycles. The summed E-state index contributed by atoms with van der Waals surface area (Å²) in [5, 5.41) is 8.76. The average molecular weight is 300 g/mol. The molecular weight excluding hydrogens is 280 g/mol. The molecule has 0 unspecified atom stereocenters. The van der Waals surface area contributed by atoms with E-state index in [9.17, 15) is 13.2 Å². The standard InChI is InChI=1S/C13H20N2O4S/c1-3-14-20(18,19)12-8-6-5-7-11(12)15(4-2)10-9-13(16)17/h5-8,14H,3-4,9-10H2,1-2H3,(H,16,17). The molecule has 0 aliphatic carbocycles. The molecule has 0 saturated carbocycles. The number of carboxylic acid groups (broad SMARTS) is 1. The van der Waals surface area contributed by atoms with Gasteiger partial charge in [0.1, 0.15) is 4.90 Å². The first-order chi connectivity index (χ1) is 9.42. The van der Waals surface area contributed by atoms with Crippen molar-refractivity contribution in [1.29, 1.82) is 0 Å². The second-order valence-corrected chi connectivity index (χ2v) is 5.93. The molecule has 6 nitrogen and oxygen atoms in total. The van der Waals surface area contributed by atoms with Gasteiger partial charge >= 0.3 is 5.97 Å². The zero-order chi connectivity index (χ0) is 15.2. The molecule has 0 amide bonds. The Morgan fingerprint density at radius 1 is 1.30 bits per heavy atom. The number of benzene rings is 1. The Labute approximate surface area is 119 Å². The van der Waals surface area contributed by atoms with Crippen LogP contribution in [0, 0.1) is 0 Å². The minimum Gasteiger partial charge on any atom is -0.481 e. The van der Waals surface area contributed by atoms with E-state index >= 15 is 0 Å². The molecule has 7 heteroatoms. The average Bonchev–Trinajstić information content (AvgIpc) is 2.39. The summed E-state index contributed by atoms with van der Waals surface area (Å²) in [5.74, 6) is -0.907. The molecule has 1 rings (SSSR count). The fourth-order valence-corrected chi connectivity index (χ4v) is 3.16. The lowest BCUT2D eigenvalue weighted by molar-refractivity contribution is -0.136. The second kappa shape index (κ2) is 7.25. The molecule has 0 bridgehead atoms. The lowest BCUT2D eigenvalue weighted by Crippen LogP contribution is -2.30. The van der Waals surface area contributed by atoms with E-state index in [-0.39, 0.29) is 17.9 Å². The monoisotopic (exact) mass is 300 g/mol. The molecule has 0 aliphatic heterocycles. The number of nitrogens with zero attached hydrogens (tertiary/aromatic N) is 1. The fraction of sp³-hybridized carbons (Fsp3) is 0.462. The molecule has 0 aromatic heterocycles. The van der Waals surface area contributed by atoms with Gasteiger partial charge in [-0.15, -0.1) is 0 Å². The van der Waals surface area contributed by atoms with Crippen LogP contribution in [0.15, 0.2) is 29.2 Å².